The highest BCUT2D eigenvalue weighted by Gasteiger charge is 2.17. The van der Waals surface area contributed by atoms with Crippen LogP contribution in [-0.2, 0) is 6.42 Å². The summed E-state index contributed by atoms with van der Waals surface area (Å²) in [6.45, 7) is 7.30. The summed E-state index contributed by atoms with van der Waals surface area (Å²) in [5, 5.41) is 4.77. The van der Waals surface area contributed by atoms with Crippen molar-refractivity contribution in [3.05, 3.63) is 40.0 Å². The van der Waals surface area contributed by atoms with Crippen LogP contribution in [-0.4, -0.2) is 16.5 Å². The number of benzene rings is 1. The van der Waals surface area contributed by atoms with E-state index in [0.717, 1.165) is 35.4 Å². The molecule has 0 radical (unpaired) electrons. The first kappa shape index (κ1) is 16.2. The average Bonchev–Trinajstić information content (AvgIpc) is 2.88. The number of nitrogens with zero attached hydrogens (tertiary/aromatic N) is 2. The van der Waals surface area contributed by atoms with Crippen molar-refractivity contribution in [3.8, 4) is 11.1 Å². The van der Waals surface area contributed by atoms with Gasteiger partial charge in [-0.3, -0.25) is 0 Å². The number of hydrogen-bond donors (Lipinski definition) is 1. The van der Waals surface area contributed by atoms with Crippen molar-refractivity contribution in [2.24, 2.45) is 0 Å². The van der Waals surface area contributed by atoms with Crippen molar-refractivity contribution in [2.45, 2.75) is 33.6 Å². The molecule has 1 N–H and O–H groups in total. The molecule has 0 saturated heterocycles. The van der Waals surface area contributed by atoms with Crippen molar-refractivity contribution in [1.82, 2.24) is 9.97 Å². The molecule has 5 heteroatoms. The molecule has 0 atom stereocenters. The lowest BCUT2D eigenvalue weighted by atomic mass is 10.0. The third-order valence-electron chi connectivity index (χ3n) is 3.89. The first-order chi connectivity index (χ1) is 11.1. The Kier molecular flexibility index (Phi) is 4.83. The maximum atomic E-state index is 6.09. The highest BCUT2D eigenvalue weighted by molar-refractivity contribution is 7.19. The number of anilines is 1. The number of aromatic nitrogens is 2. The molecule has 0 amide bonds. The Hall–Kier alpha value is -1.65. The number of halogens is 1. The van der Waals surface area contributed by atoms with E-state index in [1.165, 1.54) is 21.6 Å². The highest BCUT2D eigenvalue weighted by Crippen LogP contribution is 2.41. The SMILES string of the molecule is CCCNc1nc(Cl)nc2sc(C)c(-c3ccc(CC)cc3)c12. The van der Waals surface area contributed by atoms with E-state index in [-0.39, 0.29) is 0 Å². The van der Waals surface area contributed by atoms with Gasteiger partial charge in [0.1, 0.15) is 10.6 Å². The number of aryl methyl sites for hydroxylation is 2. The molecule has 23 heavy (non-hydrogen) atoms. The second kappa shape index (κ2) is 6.85. The molecule has 0 bridgehead atoms. The van der Waals surface area contributed by atoms with Gasteiger partial charge in [-0.1, -0.05) is 38.1 Å². The number of thiophene rings is 1. The molecule has 0 aliphatic rings. The summed E-state index contributed by atoms with van der Waals surface area (Å²) in [6, 6.07) is 8.75. The quantitative estimate of drug-likeness (QED) is 0.602. The standard InChI is InChI=1S/C18H20ClN3S/c1-4-10-20-16-15-14(13-8-6-12(5-2)7-9-13)11(3)23-17(15)22-18(19)21-16/h6-9H,4-5,10H2,1-3H3,(H,20,21,22). The second-order valence-corrected chi connectivity index (χ2v) is 7.07. The predicted octanol–water partition coefficient (Wildman–Crippen LogP) is 5.70. The minimum absolute atomic E-state index is 0.297. The van der Waals surface area contributed by atoms with Gasteiger partial charge in [-0.05, 0) is 42.5 Å². The molecule has 3 aromatic rings. The molecule has 0 saturated carbocycles. The van der Waals surface area contributed by atoms with E-state index < -0.39 is 0 Å². The zero-order valence-electron chi connectivity index (χ0n) is 13.6. The molecular formula is C18H20ClN3S. The Bertz CT molecular complexity index is 824. The molecular weight excluding hydrogens is 326 g/mol. The maximum absolute atomic E-state index is 6.09. The van der Waals surface area contributed by atoms with Gasteiger partial charge in [-0.2, -0.15) is 0 Å². The molecule has 120 valence electrons. The van der Waals surface area contributed by atoms with E-state index in [2.05, 4.69) is 60.3 Å². The van der Waals surface area contributed by atoms with Crippen molar-refractivity contribution in [2.75, 3.05) is 11.9 Å². The van der Waals surface area contributed by atoms with E-state index in [0.29, 0.717) is 5.28 Å². The smallest absolute Gasteiger partial charge is 0.225 e. The zero-order valence-corrected chi connectivity index (χ0v) is 15.2. The van der Waals surface area contributed by atoms with E-state index >= 15 is 0 Å². The third kappa shape index (κ3) is 3.19. The monoisotopic (exact) mass is 345 g/mol. The van der Waals surface area contributed by atoms with Crippen LogP contribution in [0.25, 0.3) is 21.3 Å². The first-order valence-corrected chi connectivity index (χ1v) is 9.13. The molecule has 2 heterocycles. The van der Waals surface area contributed by atoms with Gasteiger partial charge >= 0.3 is 0 Å². The summed E-state index contributed by atoms with van der Waals surface area (Å²) >= 11 is 7.76. The molecule has 0 aliphatic carbocycles. The van der Waals surface area contributed by atoms with Crippen molar-refractivity contribution in [3.63, 3.8) is 0 Å². The second-order valence-electron chi connectivity index (χ2n) is 5.53. The summed E-state index contributed by atoms with van der Waals surface area (Å²) in [7, 11) is 0. The lowest BCUT2D eigenvalue weighted by molar-refractivity contribution is 0.970. The molecule has 2 aromatic heterocycles. The van der Waals surface area contributed by atoms with Crippen LogP contribution in [0, 0.1) is 6.92 Å². The summed E-state index contributed by atoms with van der Waals surface area (Å²) < 4.78 is 0. The van der Waals surface area contributed by atoms with Crippen molar-refractivity contribution >= 4 is 39.0 Å². The van der Waals surface area contributed by atoms with Gasteiger partial charge in [0.25, 0.3) is 0 Å². The molecule has 3 nitrogen and oxygen atoms in total. The van der Waals surface area contributed by atoms with E-state index in [9.17, 15) is 0 Å². The number of nitrogens with one attached hydrogen (secondary N) is 1. The summed E-state index contributed by atoms with van der Waals surface area (Å²) in [5.74, 6) is 0.834. The van der Waals surface area contributed by atoms with E-state index in [4.69, 9.17) is 11.6 Å². The molecule has 0 unspecified atom stereocenters. The third-order valence-corrected chi connectivity index (χ3v) is 5.06. The normalized spacial score (nSPS) is 11.1. The van der Waals surface area contributed by atoms with Crippen LogP contribution >= 0.6 is 22.9 Å². The van der Waals surface area contributed by atoms with Crippen LogP contribution in [0.15, 0.2) is 24.3 Å². The molecule has 0 spiro atoms. The van der Waals surface area contributed by atoms with Gasteiger partial charge in [0.2, 0.25) is 5.28 Å². The molecule has 0 aliphatic heterocycles. The topological polar surface area (TPSA) is 37.8 Å². The van der Waals surface area contributed by atoms with Crippen LogP contribution in [0.5, 0.6) is 0 Å². The van der Waals surface area contributed by atoms with Gasteiger partial charge < -0.3 is 5.32 Å². The van der Waals surface area contributed by atoms with E-state index in [1.807, 2.05) is 0 Å². The van der Waals surface area contributed by atoms with Gasteiger partial charge in [0.15, 0.2) is 0 Å². The fourth-order valence-corrected chi connectivity index (χ4v) is 3.98. The van der Waals surface area contributed by atoms with Gasteiger partial charge in [0, 0.05) is 17.0 Å². The van der Waals surface area contributed by atoms with Gasteiger partial charge in [-0.25, -0.2) is 9.97 Å². The number of rotatable bonds is 5. The number of fused-ring (bicyclic) bond motifs is 1. The molecule has 0 fully saturated rings. The summed E-state index contributed by atoms with van der Waals surface area (Å²) in [6.07, 6.45) is 2.08. The average molecular weight is 346 g/mol. The molecule has 1 aromatic carbocycles. The number of hydrogen-bond acceptors (Lipinski definition) is 4. The van der Waals surface area contributed by atoms with Crippen LogP contribution in [0.4, 0.5) is 5.82 Å². The minimum atomic E-state index is 0.297. The lowest BCUT2D eigenvalue weighted by Crippen LogP contribution is -2.03. The lowest BCUT2D eigenvalue weighted by Gasteiger charge is -2.09. The van der Waals surface area contributed by atoms with Gasteiger partial charge in [0.05, 0.1) is 5.39 Å². The summed E-state index contributed by atoms with van der Waals surface area (Å²) in [4.78, 5) is 11.0. The Morgan fingerprint density at radius 2 is 1.87 bits per heavy atom. The Morgan fingerprint density at radius 1 is 1.13 bits per heavy atom. The predicted molar refractivity (Wildman–Crippen MR) is 101 cm³/mol. The van der Waals surface area contributed by atoms with Crippen molar-refractivity contribution in [1.29, 1.82) is 0 Å². The first-order valence-electron chi connectivity index (χ1n) is 7.93. The molecule has 3 rings (SSSR count). The zero-order chi connectivity index (χ0) is 16.4. The van der Waals surface area contributed by atoms with Crippen LogP contribution in [0.1, 0.15) is 30.7 Å². The maximum Gasteiger partial charge on any atom is 0.225 e. The Labute approximate surface area is 145 Å². The minimum Gasteiger partial charge on any atom is -0.369 e. The van der Waals surface area contributed by atoms with Crippen LogP contribution < -0.4 is 5.32 Å². The highest BCUT2D eigenvalue weighted by atomic mass is 35.5. The Balaban J connectivity index is 2.20. The Morgan fingerprint density at radius 3 is 2.52 bits per heavy atom. The van der Waals surface area contributed by atoms with Crippen molar-refractivity contribution < 1.29 is 0 Å². The van der Waals surface area contributed by atoms with Crippen LogP contribution in [0.3, 0.4) is 0 Å². The largest absolute Gasteiger partial charge is 0.369 e. The van der Waals surface area contributed by atoms with E-state index in [1.54, 1.807) is 11.3 Å². The fourth-order valence-electron chi connectivity index (χ4n) is 2.71. The van der Waals surface area contributed by atoms with Crippen LogP contribution in [0.2, 0.25) is 5.28 Å². The fraction of sp³-hybridized carbons (Fsp3) is 0.333. The van der Waals surface area contributed by atoms with Gasteiger partial charge in [-0.15, -0.1) is 11.3 Å². The summed E-state index contributed by atoms with van der Waals surface area (Å²) in [5.41, 5.74) is 3.76.